The highest BCUT2D eigenvalue weighted by molar-refractivity contribution is 5.92. The number of likely N-dealkylation sites (N-methyl/N-ethyl adjacent to an activating group) is 1. The van der Waals surface area contributed by atoms with Crippen molar-refractivity contribution in [1.29, 1.82) is 0 Å². The van der Waals surface area contributed by atoms with E-state index in [0.717, 1.165) is 31.2 Å². The molecule has 2 saturated heterocycles. The predicted molar refractivity (Wildman–Crippen MR) is 225 cm³/mol. The number of piperidine rings is 1. The number of likely N-dealkylation sites (tertiary alicyclic amines) is 2. The van der Waals surface area contributed by atoms with Crippen LogP contribution in [0.4, 0.5) is 4.79 Å². The number of fused-ring (bicyclic) bond motifs is 2. The molecule has 2 aliphatic heterocycles. The van der Waals surface area contributed by atoms with E-state index in [0.29, 0.717) is 25.8 Å². The molecule has 332 valence electrons. The highest BCUT2D eigenvalue weighted by Crippen LogP contribution is 2.43. The van der Waals surface area contributed by atoms with Crippen LogP contribution in [0.1, 0.15) is 106 Å². The van der Waals surface area contributed by atoms with E-state index in [4.69, 9.17) is 14.2 Å². The molecule has 59 heavy (non-hydrogen) atoms. The van der Waals surface area contributed by atoms with Crippen LogP contribution < -0.4 is 10.6 Å². The standard InChI is InChI=1S/C45H73N5O9/c1-12-28(4)38(48(9)43(55)37(27(2)3)47-42(54)39-31-20-21-33(24-31)50(39)44(56)59-45(6,7)8)35(57-10)25-36(52)49-22-16-19-34(49)40(58-11)29(5)41(53)46-32(26-51)23-30-17-14-13-15-18-30/h13-15,17-18,27-29,31-35,37-40,51H,12,16,19-26H2,1-11H3,(H,46,53)(H,47,54)/t28-,29+,31?,32-,33?,34-,35-,37-,38-,39?,40+/m0/s1. The molecule has 1 aromatic rings. The number of rotatable bonds is 19. The molecule has 14 nitrogen and oxygen atoms in total. The van der Waals surface area contributed by atoms with Crippen molar-refractivity contribution in [3.63, 3.8) is 0 Å². The van der Waals surface area contributed by atoms with Gasteiger partial charge < -0.3 is 39.8 Å². The molecule has 0 radical (unpaired) electrons. The van der Waals surface area contributed by atoms with E-state index >= 15 is 0 Å². The van der Waals surface area contributed by atoms with Gasteiger partial charge >= 0.3 is 6.09 Å². The van der Waals surface area contributed by atoms with Gasteiger partial charge in [0, 0.05) is 33.9 Å². The van der Waals surface area contributed by atoms with E-state index < -0.39 is 54.0 Å². The quantitative estimate of drug-likeness (QED) is 0.181. The maximum Gasteiger partial charge on any atom is 0.411 e. The minimum atomic E-state index is -0.886. The molecule has 0 spiro atoms. The average molecular weight is 828 g/mol. The molecule has 2 bridgehead atoms. The van der Waals surface area contributed by atoms with E-state index in [9.17, 15) is 29.1 Å². The molecule has 1 aliphatic carbocycles. The van der Waals surface area contributed by atoms with Gasteiger partial charge in [-0.2, -0.15) is 0 Å². The summed E-state index contributed by atoms with van der Waals surface area (Å²) in [6, 6.07) is 6.63. The van der Waals surface area contributed by atoms with Crippen molar-refractivity contribution in [3.8, 4) is 0 Å². The molecular formula is C45H73N5O9. The Labute approximate surface area is 352 Å². The van der Waals surface area contributed by atoms with Gasteiger partial charge in [-0.05, 0) is 82.6 Å². The number of aliphatic hydroxyl groups is 1. The predicted octanol–water partition coefficient (Wildman–Crippen LogP) is 4.56. The first-order valence-corrected chi connectivity index (χ1v) is 21.8. The zero-order valence-corrected chi connectivity index (χ0v) is 37.4. The van der Waals surface area contributed by atoms with Crippen molar-refractivity contribution >= 4 is 29.7 Å². The summed E-state index contributed by atoms with van der Waals surface area (Å²) in [7, 11) is 4.81. The number of hydrogen-bond donors (Lipinski definition) is 3. The van der Waals surface area contributed by atoms with Crippen molar-refractivity contribution in [2.45, 2.75) is 161 Å². The number of carbonyl (C=O) groups is 5. The second kappa shape index (κ2) is 21.2. The summed E-state index contributed by atoms with van der Waals surface area (Å²) in [6.07, 6.45) is 3.17. The zero-order chi connectivity index (χ0) is 43.8. The number of ether oxygens (including phenoxy) is 3. The molecule has 5 amide bonds. The maximum atomic E-state index is 14.5. The second-order valence-corrected chi connectivity index (χ2v) is 18.5. The Kier molecular flexibility index (Phi) is 17.2. The number of hydrogen-bond acceptors (Lipinski definition) is 9. The average Bonchev–Trinajstić information content (AvgIpc) is 3.96. The lowest BCUT2D eigenvalue weighted by Crippen LogP contribution is -2.61. The number of nitrogens with one attached hydrogen (secondary N) is 2. The number of nitrogens with zero attached hydrogens (tertiary/aromatic N) is 3. The van der Waals surface area contributed by atoms with Crippen LogP contribution in [0.2, 0.25) is 0 Å². The third kappa shape index (κ3) is 11.8. The molecule has 3 aliphatic rings. The minimum absolute atomic E-state index is 0.00496. The largest absolute Gasteiger partial charge is 0.444 e. The summed E-state index contributed by atoms with van der Waals surface area (Å²) in [6.45, 7) is 15.3. The van der Waals surface area contributed by atoms with Crippen LogP contribution in [-0.2, 0) is 39.8 Å². The summed E-state index contributed by atoms with van der Waals surface area (Å²) in [5, 5.41) is 16.1. The fourth-order valence-electron chi connectivity index (χ4n) is 9.57. The van der Waals surface area contributed by atoms with Crippen LogP contribution in [0.25, 0.3) is 0 Å². The van der Waals surface area contributed by atoms with Gasteiger partial charge in [0.2, 0.25) is 23.6 Å². The molecule has 3 fully saturated rings. The Balaban J connectivity index is 1.47. The van der Waals surface area contributed by atoms with Gasteiger partial charge in [-0.25, -0.2) is 4.79 Å². The molecule has 1 saturated carbocycles. The number of amides is 5. The Morgan fingerprint density at radius 3 is 2.22 bits per heavy atom. The third-order valence-corrected chi connectivity index (χ3v) is 12.8. The Morgan fingerprint density at radius 1 is 0.966 bits per heavy atom. The fourth-order valence-corrected chi connectivity index (χ4v) is 9.57. The molecule has 4 rings (SSSR count). The molecule has 2 heterocycles. The first-order valence-electron chi connectivity index (χ1n) is 21.8. The number of methoxy groups -OCH3 is 2. The maximum absolute atomic E-state index is 14.5. The van der Waals surface area contributed by atoms with Gasteiger partial charge in [0.25, 0.3) is 0 Å². The van der Waals surface area contributed by atoms with E-state index in [-0.39, 0.29) is 66.5 Å². The Bertz CT molecular complexity index is 1570. The summed E-state index contributed by atoms with van der Waals surface area (Å²) >= 11 is 0. The molecule has 1 aromatic carbocycles. The highest BCUT2D eigenvalue weighted by Gasteiger charge is 2.53. The fraction of sp³-hybridized carbons (Fsp3) is 0.756. The van der Waals surface area contributed by atoms with Gasteiger partial charge in [-0.15, -0.1) is 0 Å². The molecule has 14 heteroatoms. The molecular weight excluding hydrogens is 755 g/mol. The van der Waals surface area contributed by atoms with Crippen molar-refractivity contribution in [2.24, 2.45) is 23.7 Å². The SMILES string of the molecule is CC[C@H](C)[C@@H]([C@H](CC(=O)N1CCC[C@H]1[C@H](OC)[C@@H](C)C(=O)N[C@H](CO)Cc1ccccc1)OC)N(C)C(=O)[C@@H](NC(=O)C1C2CCC(C2)N1C(=O)OC(C)(C)C)C(C)C. The van der Waals surface area contributed by atoms with E-state index in [1.54, 1.807) is 63.7 Å². The van der Waals surface area contributed by atoms with Gasteiger partial charge in [-0.1, -0.05) is 71.4 Å². The van der Waals surface area contributed by atoms with Crippen LogP contribution in [0.15, 0.2) is 30.3 Å². The van der Waals surface area contributed by atoms with E-state index in [1.165, 1.54) is 0 Å². The minimum Gasteiger partial charge on any atom is -0.444 e. The Morgan fingerprint density at radius 2 is 1.64 bits per heavy atom. The Hall–Kier alpha value is -3.75. The van der Waals surface area contributed by atoms with Crippen molar-refractivity contribution in [2.75, 3.05) is 34.4 Å². The lowest BCUT2D eigenvalue weighted by molar-refractivity contribution is -0.148. The number of benzene rings is 1. The lowest BCUT2D eigenvalue weighted by Gasteiger charge is -2.41. The van der Waals surface area contributed by atoms with Gasteiger partial charge in [0.05, 0.1) is 49.3 Å². The molecule has 3 N–H and O–H groups in total. The normalized spacial score (nSPS) is 23.9. The highest BCUT2D eigenvalue weighted by atomic mass is 16.6. The lowest BCUT2D eigenvalue weighted by atomic mass is 9.89. The number of carbonyl (C=O) groups excluding carboxylic acids is 5. The van der Waals surface area contributed by atoms with E-state index in [1.807, 2.05) is 58.0 Å². The van der Waals surface area contributed by atoms with Crippen LogP contribution in [-0.4, -0.2) is 138 Å². The first-order chi connectivity index (χ1) is 27.9. The van der Waals surface area contributed by atoms with E-state index in [2.05, 4.69) is 10.6 Å². The molecule has 0 aromatic heterocycles. The summed E-state index contributed by atoms with van der Waals surface area (Å²) < 4.78 is 17.7. The van der Waals surface area contributed by atoms with Crippen LogP contribution in [0.3, 0.4) is 0 Å². The van der Waals surface area contributed by atoms with Gasteiger partial charge in [0.15, 0.2) is 0 Å². The summed E-state index contributed by atoms with van der Waals surface area (Å²) in [5.41, 5.74) is 0.283. The zero-order valence-electron chi connectivity index (χ0n) is 37.4. The van der Waals surface area contributed by atoms with Crippen LogP contribution >= 0.6 is 0 Å². The topological polar surface area (TPSA) is 167 Å². The molecule has 11 atom stereocenters. The first kappa shape index (κ1) is 47.9. The van der Waals surface area contributed by atoms with Gasteiger partial charge in [0.1, 0.15) is 17.7 Å². The van der Waals surface area contributed by atoms with Crippen LogP contribution in [0, 0.1) is 23.7 Å². The van der Waals surface area contributed by atoms with Crippen molar-refractivity contribution in [3.05, 3.63) is 35.9 Å². The monoisotopic (exact) mass is 828 g/mol. The van der Waals surface area contributed by atoms with Crippen molar-refractivity contribution < 1.29 is 43.3 Å². The summed E-state index contributed by atoms with van der Waals surface area (Å²) in [4.78, 5) is 74.8. The summed E-state index contributed by atoms with van der Waals surface area (Å²) in [5.74, 6) is -2.05. The second-order valence-electron chi connectivity index (χ2n) is 18.5. The third-order valence-electron chi connectivity index (χ3n) is 12.8. The smallest absolute Gasteiger partial charge is 0.411 e. The number of aliphatic hydroxyl groups excluding tert-OH is 1. The molecule has 3 unspecified atom stereocenters. The van der Waals surface area contributed by atoms with Crippen molar-refractivity contribution in [1.82, 2.24) is 25.3 Å². The van der Waals surface area contributed by atoms with Gasteiger partial charge in [-0.3, -0.25) is 24.1 Å². The van der Waals surface area contributed by atoms with Crippen LogP contribution in [0.5, 0.6) is 0 Å².